The van der Waals surface area contributed by atoms with E-state index >= 15 is 0 Å². The van der Waals surface area contributed by atoms with Gasteiger partial charge < -0.3 is 9.64 Å². The highest BCUT2D eigenvalue weighted by atomic mass is 32.2. The Morgan fingerprint density at radius 2 is 2.04 bits per heavy atom. The first kappa shape index (κ1) is 17.7. The van der Waals surface area contributed by atoms with E-state index in [0.717, 1.165) is 19.3 Å². The largest absolute Gasteiger partial charge is 0.495 e. The van der Waals surface area contributed by atoms with Gasteiger partial charge >= 0.3 is 0 Å². The molecule has 1 N–H and O–H groups in total. The summed E-state index contributed by atoms with van der Waals surface area (Å²) in [5, 5.41) is 0. The molecule has 0 bridgehead atoms. The molecule has 0 aliphatic carbocycles. The molecule has 1 heterocycles. The molecule has 1 aromatic rings. The number of rotatable bonds is 5. The molecule has 23 heavy (non-hydrogen) atoms. The maximum absolute atomic E-state index is 12.5. The number of hydrogen-bond donors (Lipinski definition) is 1. The average Bonchev–Trinajstić information content (AvgIpc) is 2.54. The Kier molecular flexibility index (Phi) is 5.64. The number of nitrogens with zero attached hydrogens (tertiary/aromatic N) is 1. The van der Waals surface area contributed by atoms with Crippen molar-refractivity contribution >= 4 is 15.9 Å². The second-order valence-electron chi connectivity index (χ2n) is 5.87. The third-order valence-corrected chi connectivity index (χ3v) is 5.73. The fourth-order valence-electron chi connectivity index (χ4n) is 2.86. The van der Waals surface area contributed by atoms with E-state index in [0.29, 0.717) is 6.54 Å². The summed E-state index contributed by atoms with van der Waals surface area (Å²) in [7, 11) is -2.41. The number of nitrogens with one attached hydrogen (secondary N) is 1. The lowest BCUT2D eigenvalue weighted by Gasteiger charge is -2.35. The Balaban J connectivity index is 2.14. The van der Waals surface area contributed by atoms with E-state index in [4.69, 9.17) is 4.74 Å². The highest BCUT2D eigenvalue weighted by Crippen LogP contribution is 2.23. The first-order valence-electron chi connectivity index (χ1n) is 7.82. The highest BCUT2D eigenvalue weighted by Gasteiger charge is 2.30. The van der Waals surface area contributed by atoms with Crippen molar-refractivity contribution in [1.82, 2.24) is 9.62 Å². The second kappa shape index (κ2) is 7.31. The molecular formula is C16H24N2O4S. The highest BCUT2D eigenvalue weighted by molar-refractivity contribution is 7.89. The molecule has 6 nitrogen and oxygen atoms in total. The Hall–Kier alpha value is -1.60. The van der Waals surface area contributed by atoms with Crippen molar-refractivity contribution < 1.29 is 17.9 Å². The fourth-order valence-corrected chi connectivity index (χ4v) is 4.23. The monoisotopic (exact) mass is 340 g/mol. The van der Waals surface area contributed by atoms with Gasteiger partial charge in [0.2, 0.25) is 15.9 Å². The van der Waals surface area contributed by atoms with E-state index in [2.05, 4.69) is 4.72 Å². The first-order valence-corrected chi connectivity index (χ1v) is 9.31. The Bertz CT molecular complexity index is 660. The van der Waals surface area contributed by atoms with Crippen LogP contribution in [0.1, 0.15) is 33.1 Å². The summed E-state index contributed by atoms with van der Waals surface area (Å²) in [6, 6.07) is 5.69. The van der Waals surface area contributed by atoms with Crippen LogP contribution in [0.2, 0.25) is 0 Å². The quantitative estimate of drug-likeness (QED) is 0.886. The molecule has 1 aromatic carbocycles. The van der Waals surface area contributed by atoms with Crippen LogP contribution in [-0.2, 0) is 14.8 Å². The van der Waals surface area contributed by atoms with Gasteiger partial charge in [0.25, 0.3) is 0 Å². The molecule has 0 radical (unpaired) electrons. The number of hydrogen-bond acceptors (Lipinski definition) is 4. The molecule has 1 aliphatic rings. The molecule has 1 saturated heterocycles. The zero-order valence-electron chi connectivity index (χ0n) is 13.8. The zero-order chi connectivity index (χ0) is 17.0. The van der Waals surface area contributed by atoms with Crippen molar-refractivity contribution in [3.63, 3.8) is 0 Å². The van der Waals surface area contributed by atoms with Gasteiger partial charge in [-0.1, -0.05) is 12.1 Å². The van der Waals surface area contributed by atoms with Crippen LogP contribution in [0.15, 0.2) is 29.2 Å². The SMILES string of the molecule is COc1ccccc1S(=O)(=O)N[C@H](C)C(=O)N1CCCC[C@H]1C. The van der Waals surface area contributed by atoms with Crippen molar-refractivity contribution in [2.45, 2.75) is 50.1 Å². The smallest absolute Gasteiger partial charge is 0.244 e. The number of para-hydroxylation sites is 1. The standard InChI is InChI=1S/C16H24N2O4S/c1-12-8-6-7-11-18(12)16(19)13(2)17-23(20,21)15-10-5-4-9-14(15)22-3/h4-5,9-10,12-13,17H,6-8,11H2,1-3H3/t12-,13-/m1/s1. The summed E-state index contributed by atoms with van der Waals surface area (Å²) in [4.78, 5) is 14.3. The van der Waals surface area contributed by atoms with Crippen LogP contribution in [0.3, 0.4) is 0 Å². The van der Waals surface area contributed by atoms with Gasteiger partial charge in [-0.25, -0.2) is 8.42 Å². The Morgan fingerprint density at radius 3 is 2.70 bits per heavy atom. The number of sulfonamides is 1. The van der Waals surface area contributed by atoms with Crippen LogP contribution >= 0.6 is 0 Å². The minimum atomic E-state index is -3.83. The van der Waals surface area contributed by atoms with Crippen LogP contribution in [0.25, 0.3) is 0 Å². The number of benzene rings is 1. The fraction of sp³-hybridized carbons (Fsp3) is 0.562. The van der Waals surface area contributed by atoms with Crippen LogP contribution in [0.4, 0.5) is 0 Å². The van der Waals surface area contributed by atoms with Crippen molar-refractivity contribution in [3.05, 3.63) is 24.3 Å². The lowest BCUT2D eigenvalue weighted by molar-refractivity contribution is -0.135. The van der Waals surface area contributed by atoms with Gasteiger partial charge in [0.05, 0.1) is 13.2 Å². The molecular weight excluding hydrogens is 316 g/mol. The molecule has 2 atom stereocenters. The van der Waals surface area contributed by atoms with Gasteiger partial charge in [-0.15, -0.1) is 0 Å². The number of likely N-dealkylation sites (tertiary alicyclic amines) is 1. The third-order valence-electron chi connectivity index (χ3n) is 4.15. The van der Waals surface area contributed by atoms with Gasteiger partial charge in [0.15, 0.2) is 0 Å². The van der Waals surface area contributed by atoms with Crippen LogP contribution < -0.4 is 9.46 Å². The Labute approximate surface area is 137 Å². The topological polar surface area (TPSA) is 75.7 Å². The molecule has 1 amide bonds. The second-order valence-corrected chi connectivity index (χ2v) is 7.55. The predicted molar refractivity (Wildman–Crippen MR) is 87.8 cm³/mol. The summed E-state index contributed by atoms with van der Waals surface area (Å²) >= 11 is 0. The number of piperidine rings is 1. The lowest BCUT2D eigenvalue weighted by atomic mass is 10.0. The van der Waals surface area contributed by atoms with Crippen LogP contribution in [0, 0.1) is 0 Å². The van der Waals surface area contributed by atoms with Crippen LogP contribution in [-0.4, -0.2) is 45.0 Å². The van der Waals surface area contributed by atoms with Gasteiger partial charge in [-0.2, -0.15) is 4.72 Å². The molecule has 0 spiro atoms. The molecule has 1 aliphatic heterocycles. The molecule has 7 heteroatoms. The summed E-state index contributed by atoms with van der Waals surface area (Å²) in [6.45, 7) is 4.26. The normalized spacial score (nSPS) is 20.1. The molecule has 1 fully saturated rings. The maximum atomic E-state index is 12.5. The molecule has 2 rings (SSSR count). The molecule has 0 aromatic heterocycles. The predicted octanol–water partition coefficient (Wildman–Crippen LogP) is 1.76. The van der Waals surface area contributed by atoms with Crippen molar-refractivity contribution in [1.29, 1.82) is 0 Å². The minimum Gasteiger partial charge on any atom is -0.495 e. The van der Waals surface area contributed by atoms with E-state index in [1.807, 2.05) is 6.92 Å². The molecule has 0 unspecified atom stereocenters. The lowest BCUT2D eigenvalue weighted by Crippen LogP contribution is -2.51. The van der Waals surface area contributed by atoms with Crippen LogP contribution in [0.5, 0.6) is 5.75 Å². The van der Waals surface area contributed by atoms with Crippen molar-refractivity contribution in [3.8, 4) is 5.75 Å². The summed E-state index contributed by atoms with van der Waals surface area (Å²) < 4.78 is 32.6. The third kappa shape index (κ3) is 4.03. The number of carbonyl (C=O) groups is 1. The van der Waals surface area contributed by atoms with Gasteiger partial charge in [0, 0.05) is 12.6 Å². The number of amides is 1. The number of ether oxygens (including phenoxy) is 1. The summed E-state index contributed by atoms with van der Waals surface area (Å²) in [5.74, 6) is 0.0710. The Morgan fingerprint density at radius 1 is 1.35 bits per heavy atom. The summed E-state index contributed by atoms with van der Waals surface area (Å²) in [5.41, 5.74) is 0. The van der Waals surface area contributed by atoms with Gasteiger partial charge in [0.1, 0.15) is 10.6 Å². The minimum absolute atomic E-state index is 0.0360. The van der Waals surface area contributed by atoms with E-state index < -0.39 is 16.1 Å². The van der Waals surface area contributed by atoms with E-state index in [-0.39, 0.29) is 22.6 Å². The average molecular weight is 340 g/mol. The van der Waals surface area contributed by atoms with Crippen molar-refractivity contribution in [2.75, 3.05) is 13.7 Å². The molecule has 128 valence electrons. The van der Waals surface area contributed by atoms with E-state index in [1.54, 1.807) is 30.0 Å². The van der Waals surface area contributed by atoms with Crippen molar-refractivity contribution in [2.24, 2.45) is 0 Å². The van der Waals surface area contributed by atoms with E-state index in [1.165, 1.54) is 13.2 Å². The van der Waals surface area contributed by atoms with Gasteiger partial charge in [-0.3, -0.25) is 4.79 Å². The number of methoxy groups -OCH3 is 1. The zero-order valence-corrected chi connectivity index (χ0v) is 14.6. The maximum Gasteiger partial charge on any atom is 0.244 e. The van der Waals surface area contributed by atoms with Gasteiger partial charge in [-0.05, 0) is 45.2 Å². The van der Waals surface area contributed by atoms with E-state index in [9.17, 15) is 13.2 Å². The number of carbonyl (C=O) groups excluding carboxylic acids is 1. The summed E-state index contributed by atoms with van der Waals surface area (Å²) in [6.07, 6.45) is 3.02. The first-order chi connectivity index (χ1) is 10.9. The molecule has 0 saturated carbocycles.